The predicted octanol–water partition coefficient (Wildman–Crippen LogP) is 3.41. The summed E-state index contributed by atoms with van der Waals surface area (Å²) in [5, 5.41) is 8.86. The third-order valence-corrected chi connectivity index (χ3v) is 3.22. The molecule has 2 aromatic rings. The Morgan fingerprint density at radius 3 is 2.82 bits per heavy atom. The highest BCUT2D eigenvalue weighted by molar-refractivity contribution is 7.98. The molecular formula is C12H9FO3S. The van der Waals surface area contributed by atoms with Crippen LogP contribution in [0.4, 0.5) is 4.39 Å². The average Bonchev–Trinajstić information content (AvgIpc) is 2.76. The van der Waals surface area contributed by atoms with Crippen LogP contribution in [0.2, 0.25) is 0 Å². The van der Waals surface area contributed by atoms with Crippen molar-refractivity contribution in [3.05, 3.63) is 53.7 Å². The van der Waals surface area contributed by atoms with E-state index in [1.54, 1.807) is 18.2 Å². The number of thioether (sulfide) groups is 1. The largest absolute Gasteiger partial charge is 0.478 e. The number of halogens is 1. The van der Waals surface area contributed by atoms with Crippen molar-refractivity contribution in [1.29, 1.82) is 0 Å². The van der Waals surface area contributed by atoms with Crippen molar-refractivity contribution in [3.8, 4) is 0 Å². The van der Waals surface area contributed by atoms with E-state index >= 15 is 0 Å². The molecule has 0 amide bonds. The van der Waals surface area contributed by atoms with Crippen LogP contribution in [0.25, 0.3) is 0 Å². The normalized spacial score (nSPS) is 10.4. The van der Waals surface area contributed by atoms with Crippen molar-refractivity contribution < 1.29 is 18.7 Å². The van der Waals surface area contributed by atoms with Crippen LogP contribution in [0, 0.1) is 5.82 Å². The lowest BCUT2D eigenvalue weighted by Crippen LogP contribution is -1.97. The van der Waals surface area contributed by atoms with Crippen LogP contribution in [0.1, 0.15) is 16.1 Å². The van der Waals surface area contributed by atoms with E-state index in [4.69, 9.17) is 9.52 Å². The van der Waals surface area contributed by atoms with Gasteiger partial charge >= 0.3 is 5.97 Å². The highest BCUT2D eigenvalue weighted by Gasteiger charge is 2.14. The van der Waals surface area contributed by atoms with E-state index in [9.17, 15) is 9.18 Å². The van der Waals surface area contributed by atoms with Gasteiger partial charge in [-0.2, -0.15) is 0 Å². The lowest BCUT2D eigenvalue weighted by Gasteiger charge is -2.01. The molecule has 0 spiro atoms. The Labute approximate surface area is 101 Å². The molecule has 88 valence electrons. The van der Waals surface area contributed by atoms with Crippen LogP contribution in [-0.4, -0.2) is 11.1 Å². The van der Waals surface area contributed by atoms with Crippen LogP contribution in [0.5, 0.6) is 0 Å². The molecular weight excluding hydrogens is 243 g/mol. The number of carboxylic acid groups (broad SMARTS) is 1. The number of carboxylic acids is 1. The third kappa shape index (κ3) is 2.68. The summed E-state index contributed by atoms with van der Waals surface area (Å²) in [5.74, 6) is -0.732. The zero-order valence-corrected chi connectivity index (χ0v) is 9.54. The van der Waals surface area contributed by atoms with Gasteiger partial charge in [0.15, 0.2) is 0 Å². The van der Waals surface area contributed by atoms with Gasteiger partial charge in [0.05, 0.1) is 12.0 Å². The fraction of sp³-hybridized carbons (Fsp3) is 0.0833. The zero-order chi connectivity index (χ0) is 12.3. The molecule has 1 aromatic heterocycles. The number of benzene rings is 1. The quantitative estimate of drug-likeness (QED) is 0.847. The smallest absolute Gasteiger partial charge is 0.339 e. The molecule has 1 heterocycles. The monoisotopic (exact) mass is 252 g/mol. The van der Waals surface area contributed by atoms with E-state index in [-0.39, 0.29) is 17.1 Å². The highest BCUT2D eigenvalue weighted by atomic mass is 32.2. The second kappa shape index (κ2) is 5.05. The predicted molar refractivity (Wildman–Crippen MR) is 61.6 cm³/mol. The van der Waals surface area contributed by atoms with Crippen molar-refractivity contribution >= 4 is 17.7 Å². The second-order valence-electron chi connectivity index (χ2n) is 3.28. The van der Waals surface area contributed by atoms with E-state index < -0.39 is 5.97 Å². The molecule has 0 radical (unpaired) electrons. The summed E-state index contributed by atoms with van der Waals surface area (Å²) in [5.41, 5.74) is 0.119. The summed E-state index contributed by atoms with van der Waals surface area (Å²) >= 11 is 1.20. The Balaban J connectivity index is 2.10. The van der Waals surface area contributed by atoms with Crippen molar-refractivity contribution in [3.63, 3.8) is 0 Å². The standard InChI is InChI=1S/C12H9FO3S/c13-9-3-1-2-4-11(9)17-7-10-8(12(14)15)5-6-16-10/h1-6H,7H2,(H,14,15). The lowest BCUT2D eigenvalue weighted by molar-refractivity contribution is 0.0695. The molecule has 1 N–H and O–H groups in total. The summed E-state index contributed by atoms with van der Waals surface area (Å²) in [6.45, 7) is 0. The van der Waals surface area contributed by atoms with Gasteiger partial charge in [0.2, 0.25) is 0 Å². The number of aromatic carboxylic acids is 1. The van der Waals surface area contributed by atoms with Gasteiger partial charge in [-0.15, -0.1) is 11.8 Å². The van der Waals surface area contributed by atoms with Crippen LogP contribution >= 0.6 is 11.8 Å². The molecule has 0 saturated heterocycles. The summed E-state index contributed by atoms with van der Waals surface area (Å²) < 4.78 is 18.4. The van der Waals surface area contributed by atoms with Crippen LogP contribution in [0.3, 0.4) is 0 Å². The number of hydrogen-bond donors (Lipinski definition) is 1. The van der Waals surface area contributed by atoms with Crippen LogP contribution in [-0.2, 0) is 5.75 Å². The molecule has 2 rings (SSSR count). The van der Waals surface area contributed by atoms with Gasteiger partial charge in [-0.3, -0.25) is 0 Å². The van der Waals surface area contributed by atoms with E-state index in [0.29, 0.717) is 10.7 Å². The minimum atomic E-state index is -1.04. The topological polar surface area (TPSA) is 50.4 Å². The Hall–Kier alpha value is -1.75. The molecule has 0 atom stereocenters. The van der Waals surface area contributed by atoms with E-state index in [0.717, 1.165) is 0 Å². The molecule has 0 bridgehead atoms. The maximum atomic E-state index is 13.3. The molecule has 0 aliphatic carbocycles. The fourth-order valence-corrected chi connectivity index (χ4v) is 2.24. The molecule has 17 heavy (non-hydrogen) atoms. The van der Waals surface area contributed by atoms with Gasteiger partial charge in [0, 0.05) is 4.90 Å². The fourth-order valence-electron chi connectivity index (χ4n) is 1.35. The first-order valence-corrected chi connectivity index (χ1v) is 5.84. The SMILES string of the molecule is O=C(O)c1ccoc1CSc1ccccc1F. The molecule has 0 aliphatic rings. The summed E-state index contributed by atoms with van der Waals surface area (Å²) in [6, 6.07) is 7.73. The number of hydrogen-bond acceptors (Lipinski definition) is 3. The third-order valence-electron chi connectivity index (χ3n) is 2.17. The van der Waals surface area contributed by atoms with Gasteiger partial charge in [0.25, 0.3) is 0 Å². The average molecular weight is 252 g/mol. The number of rotatable bonds is 4. The maximum Gasteiger partial charge on any atom is 0.339 e. The zero-order valence-electron chi connectivity index (χ0n) is 8.72. The summed E-state index contributed by atoms with van der Waals surface area (Å²) in [7, 11) is 0. The first kappa shape index (κ1) is 11.7. The Morgan fingerprint density at radius 1 is 1.35 bits per heavy atom. The van der Waals surface area contributed by atoms with Crippen LogP contribution in [0.15, 0.2) is 45.9 Å². The minimum absolute atomic E-state index is 0.119. The van der Waals surface area contributed by atoms with Crippen molar-refractivity contribution in [2.75, 3.05) is 0 Å². The summed E-state index contributed by atoms with van der Waals surface area (Å²) in [4.78, 5) is 11.3. The molecule has 1 aromatic carbocycles. The Kier molecular flexibility index (Phi) is 3.49. The van der Waals surface area contributed by atoms with Crippen molar-refractivity contribution in [1.82, 2.24) is 0 Å². The van der Waals surface area contributed by atoms with Gasteiger partial charge in [0.1, 0.15) is 17.1 Å². The Bertz CT molecular complexity index is 536. The van der Waals surface area contributed by atoms with Gasteiger partial charge < -0.3 is 9.52 Å². The summed E-state index contributed by atoms with van der Waals surface area (Å²) in [6.07, 6.45) is 1.32. The highest BCUT2D eigenvalue weighted by Crippen LogP contribution is 2.26. The molecule has 3 nitrogen and oxygen atoms in total. The maximum absolute atomic E-state index is 13.3. The first-order chi connectivity index (χ1) is 8.18. The number of furan rings is 1. The molecule has 0 saturated carbocycles. The molecule has 0 fully saturated rings. The number of carbonyl (C=O) groups is 1. The van der Waals surface area contributed by atoms with Crippen molar-refractivity contribution in [2.45, 2.75) is 10.6 Å². The van der Waals surface area contributed by atoms with E-state index in [1.165, 1.54) is 30.2 Å². The molecule has 0 unspecified atom stereocenters. The molecule has 5 heteroatoms. The van der Waals surface area contributed by atoms with E-state index in [2.05, 4.69) is 0 Å². The van der Waals surface area contributed by atoms with Gasteiger partial charge in [-0.1, -0.05) is 12.1 Å². The second-order valence-corrected chi connectivity index (χ2v) is 4.30. The van der Waals surface area contributed by atoms with Gasteiger partial charge in [-0.25, -0.2) is 9.18 Å². The lowest BCUT2D eigenvalue weighted by atomic mass is 10.3. The molecule has 0 aliphatic heterocycles. The first-order valence-electron chi connectivity index (χ1n) is 4.85. The van der Waals surface area contributed by atoms with E-state index in [1.807, 2.05) is 0 Å². The van der Waals surface area contributed by atoms with Gasteiger partial charge in [-0.05, 0) is 18.2 Å². The minimum Gasteiger partial charge on any atom is -0.478 e. The Morgan fingerprint density at radius 2 is 2.12 bits per heavy atom. The van der Waals surface area contributed by atoms with Crippen molar-refractivity contribution in [2.24, 2.45) is 0 Å². The van der Waals surface area contributed by atoms with Crippen LogP contribution < -0.4 is 0 Å².